The number of rotatable bonds is 4. The Hall–Kier alpha value is -1.10. The van der Waals surface area contributed by atoms with Crippen LogP contribution >= 0.6 is 15.9 Å². The Bertz CT molecular complexity index is 631. The summed E-state index contributed by atoms with van der Waals surface area (Å²) in [6.45, 7) is 3.05. The number of halogens is 2. The average molecular weight is 326 g/mol. The quantitative estimate of drug-likeness (QED) is 0.919. The van der Waals surface area contributed by atoms with Crippen LogP contribution in [0.2, 0.25) is 0 Å². The van der Waals surface area contributed by atoms with E-state index in [1.165, 1.54) is 31.7 Å². The zero-order chi connectivity index (χ0) is 13.6. The Morgan fingerprint density at radius 3 is 2.84 bits per heavy atom. The van der Waals surface area contributed by atoms with Gasteiger partial charge in [-0.05, 0) is 46.7 Å². The summed E-state index contributed by atoms with van der Waals surface area (Å²) in [6, 6.07) is 3.21. The summed E-state index contributed by atoms with van der Waals surface area (Å²) in [5.41, 5.74) is 7.90. The van der Waals surface area contributed by atoms with Gasteiger partial charge in [-0.2, -0.15) is 0 Å². The molecule has 0 bridgehead atoms. The summed E-state index contributed by atoms with van der Waals surface area (Å²) < 4.78 is 16.1. The van der Waals surface area contributed by atoms with Gasteiger partial charge in [0.1, 0.15) is 5.82 Å². The standard InChI is InChI=1S/C14H17BrFN3/c1-2-3-14(4-5-14)8-19-12-7-10(16)9(15)6-11(12)18-13(19)17/h6-7H,2-5,8H2,1H3,(H2,17,18). The molecule has 19 heavy (non-hydrogen) atoms. The highest BCUT2D eigenvalue weighted by molar-refractivity contribution is 9.10. The van der Waals surface area contributed by atoms with E-state index in [1.807, 2.05) is 4.57 Å². The molecule has 1 fully saturated rings. The van der Waals surface area contributed by atoms with E-state index in [1.54, 1.807) is 6.07 Å². The summed E-state index contributed by atoms with van der Waals surface area (Å²) in [5.74, 6) is 0.212. The molecule has 0 aliphatic heterocycles. The first-order valence-electron chi connectivity index (χ1n) is 6.65. The van der Waals surface area contributed by atoms with Crippen molar-refractivity contribution in [3.05, 3.63) is 22.4 Å². The molecular weight excluding hydrogens is 309 g/mol. The third-order valence-corrected chi connectivity index (χ3v) is 4.66. The predicted molar refractivity (Wildman–Crippen MR) is 78.4 cm³/mol. The van der Waals surface area contributed by atoms with E-state index in [0.29, 0.717) is 15.8 Å². The molecule has 3 nitrogen and oxygen atoms in total. The average Bonchev–Trinajstić information content (AvgIpc) is 3.05. The first-order chi connectivity index (χ1) is 9.04. The molecule has 1 aliphatic rings. The van der Waals surface area contributed by atoms with Crippen LogP contribution in [0.3, 0.4) is 0 Å². The van der Waals surface area contributed by atoms with Gasteiger partial charge < -0.3 is 10.3 Å². The van der Waals surface area contributed by atoms with E-state index in [2.05, 4.69) is 27.8 Å². The Balaban J connectivity index is 2.03. The lowest BCUT2D eigenvalue weighted by Gasteiger charge is -2.16. The lowest BCUT2D eigenvalue weighted by molar-refractivity contribution is 0.396. The summed E-state index contributed by atoms with van der Waals surface area (Å²) in [5, 5.41) is 0. The fourth-order valence-corrected chi connectivity index (χ4v) is 3.17. The molecule has 102 valence electrons. The van der Waals surface area contributed by atoms with Crippen LogP contribution < -0.4 is 5.73 Å². The molecule has 0 spiro atoms. The summed E-state index contributed by atoms with van der Waals surface area (Å²) in [7, 11) is 0. The van der Waals surface area contributed by atoms with Crippen molar-refractivity contribution in [2.75, 3.05) is 5.73 Å². The third kappa shape index (κ3) is 2.24. The SMILES string of the molecule is CCCC1(Cn2c(N)nc3cc(Br)c(F)cc32)CC1. The fourth-order valence-electron chi connectivity index (χ4n) is 2.83. The van der Waals surface area contributed by atoms with Crippen LogP contribution in [0, 0.1) is 11.2 Å². The van der Waals surface area contributed by atoms with Gasteiger partial charge >= 0.3 is 0 Å². The second-order valence-electron chi connectivity index (χ2n) is 5.56. The summed E-state index contributed by atoms with van der Waals surface area (Å²) >= 11 is 3.18. The number of nitrogen functional groups attached to an aromatic ring is 1. The number of aromatic nitrogens is 2. The zero-order valence-electron chi connectivity index (χ0n) is 10.9. The van der Waals surface area contributed by atoms with Crippen molar-refractivity contribution < 1.29 is 4.39 Å². The number of imidazole rings is 1. The maximum atomic E-state index is 13.7. The Kier molecular flexibility index (Phi) is 3.04. The highest BCUT2D eigenvalue weighted by atomic mass is 79.9. The van der Waals surface area contributed by atoms with Gasteiger partial charge in [0.15, 0.2) is 0 Å². The number of nitrogens with zero attached hydrogens (tertiary/aromatic N) is 2. The highest BCUT2D eigenvalue weighted by Crippen LogP contribution is 2.51. The molecule has 1 saturated carbocycles. The monoisotopic (exact) mass is 325 g/mol. The van der Waals surface area contributed by atoms with Gasteiger partial charge in [-0.3, -0.25) is 0 Å². The minimum Gasteiger partial charge on any atom is -0.369 e. The predicted octanol–water partition coefficient (Wildman–Crippen LogP) is 4.10. The van der Waals surface area contributed by atoms with Crippen LogP contribution in [0.5, 0.6) is 0 Å². The highest BCUT2D eigenvalue weighted by Gasteiger charge is 2.42. The maximum absolute atomic E-state index is 13.7. The molecule has 1 heterocycles. The lowest BCUT2D eigenvalue weighted by Crippen LogP contribution is -2.13. The second-order valence-corrected chi connectivity index (χ2v) is 6.42. The number of hydrogen-bond donors (Lipinski definition) is 1. The van der Waals surface area contributed by atoms with Crippen molar-refractivity contribution in [3.63, 3.8) is 0 Å². The van der Waals surface area contributed by atoms with Crippen molar-refractivity contribution in [2.24, 2.45) is 5.41 Å². The zero-order valence-corrected chi connectivity index (χ0v) is 12.5. The van der Waals surface area contributed by atoms with Gasteiger partial charge in [0, 0.05) is 12.6 Å². The molecule has 2 N–H and O–H groups in total. The Morgan fingerprint density at radius 2 is 2.21 bits per heavy atom. The van der Waals surface area contributed by atoms with E-state index in [4.69, 9.17) is 5.73 Å². The molecule has 0 unspecified atom stereocenters. The molecule has 0 amide bonds. The first kappa shape index (κ1) is 12.9. The number of benzene rings is 1. The molecule has 1 aromatic carbocycles. The van der Waals surface area contributed by atoms with Crippen molar-refractivity contribution in [1.82, 2.24) is 9.55 Å². The molecule has 0 saturated heterocycles. The van der Waals surface area contributed by atoms with Crippen molar-refractivity contribution in [3.8, 4) is 0 Å². The minimum absolute atomic E-state index is 0.269. The summed E-state index contributed by atoms with van der Waals surface area (Å²) in [4.78, 5) is 4.33. The molecule has 1 aromatic heterocycles. The van der Waals surface area contributed by atoms with Gasteiger partial charge in [0.05, 0.1) is 15.5 Å². The van der Waals surface area contributed by atoms with Crippen molar-refractivity contribution in [2.45, 2.75) is 39.2 Å². The van der Waals surface area contributed by atoms with Gasteiger partial charge in [0.25, 0.3) is 0 Å². The molecule has 2 aromatic rings. The normalized spacial score (nSPS) is 17.0. The van der Waals surface area contributed by atoms with Gasteiger partial charge in [-0.25, -0.2) is 9.37 Å². The van der Waals surface area contributed by atoms with Crippen LogP contribution in [0.15, 0.2) is 16.6 Å². The summed E-state index contributed by atoms with van der Waals surface area (Å²) in [6.07, 6.45) is 4.84. The van der Waals surface area contributed by atoms with Gasteiger partial charge in [-0.1, -0.05) is 13.3 Å². The van der Waals surface area contributed by atoms with E-state index >= 15 is 0 Å². The molecule has 0 atom stereocenters. The number of fused-ring (bicyclic) bond motifs is 1. The molecule has 1 aliphatic carbocycles. The topological polar surface area (TPSA) is 43.8 Å². The van der Waals surface area contributed by atoms with Gasteiger partial charge in [-0.15, -0.1) is 0 Å². The Morgan fingerprint density at radius 1 is 1.47 bits per heavy atom. The van der Waals surface area contributed by atoms with Crippen LogP contribution in [0.25, 0.3) is 11.0 Å². The van der Waals surface area contributed by atoms with E-state index < -0.39 is 0 Å². The van der Waals surface area contributed by atoms with Crippen LogP contribution in [0.1, 0.15) is 32.6 Å². The number of anilines is 1. The Labute approximate surface area is 120 Å². The molecule has 5 heteroatoms. The second kappa shape index (κ2) is 4.47. The third-order valence-electron chi connectivity index (χ3n) is 4.05. The molecule has 3 rings (SSSR count). The smallest absolute Gasteiger partial charge is 0.201 e. The van der Waals surface area contributed by atoms with E-state index in [0.717, 1.165) is 17.6 Å². The number of hydrogen-bond acceptors (Lipinski definition) is 2. The lowest BCUT2D eigenvalue weighted by atomic mass is 10.0. The van der Waals surface area contributed by atoms with Crippen LogP contribution in [-0.2, 0) is 6.54 Å². The minimum atomic E-state index is -0.269. The van der Waals surface area contributed by atoms with Gasteiger partial charge in [0.2, 0.25) is 5.95 Å². The first-order valence-corrected chi connectivity index (χ1v) is 7.45. The van der Waals surface area contributed by atoms with Crippen molar-refractivity contribution in [1.29, 1.82) is 0 Å². The fraction of sp³-hybridized carbons (Fsp3) is 0.500. The molecule has 0 radical (unpaired) electrons. The number of nitrogens with two attached hydrogens (primary N) is 1. The van der Waals surface area contributed by atoms with E-state index in [-0.39, 0.29) is 5.82 Å². The van der Waals surface area contributed by atoms with E-state index in [9.17, 15) is 4.39 Å². The molecular formula is C14H17BrFN3. The van der Waals surface area contributed by atoms with Crippen LogP contribution in [0.4, 0.5) is 10.3 Å². The van der Waals surface area contributed by atoms with Crippen molar-refractivity contribution >= 4 is 32.9 Å². The maximum Gasteiger partial charge on any atom is 0.201 e. The van der Waals surface area contributed by atoms with Crippen LogP contribution in [-0.4, -0.2) is 9.55 Å². The largest absolute Gasteiger partial charge is 0.369 e.